The third-order valence-corrected chi connectivity index (χ3v) is 6.87. The summed E-state index contributed by atoms with van der Waals surface area (Å²) in [6, 6.07) is 10.5. The molecule has 1 atom stereocenters. The van der Waals surface area contributed by atoms with Gasteiger partial charge in [0.05, 0.1) is 17.6 Å². The normalized spacial score (nSPS) is 15.0. The number of carbonyl (C=O) groups excluding carboxylic acids is 1. The molecule has 150 valence electrons. The van der Waals surface area contributed by atoms with Crippen LogP contribution in [0, 0.1) is 6.92 Å². The van der Waals surface area contributed by atoms with Gasteiger partial charge in [-0.15, -0.1) is 0 Å². The number of hydrogen-bond donors (Lipinski definition) is 1. The Hall–Kier alpha value is -2.18. The summed E-state index contributed by atoms with van der Waals surface area (Å²) in [5, 5.41) is 0. The standard InChI is InChI=1S/C22H27NO4S/c1-4-21(18-11-10-16-7-5-6-8-17(16)13-18)23-28(25,26)19-12-9-15(2)20(14-19)22(24)27-3/h9-14,21,23H,4-8H2,1-3H3/t21-/m1/s1. The summed E-state index contributed by atoms with van der Waals surface area (Å²) >= 11 is 0. The van der Waals surface area contributed by atoms with Crippen molar-refractivity contribution in [1.29, 1.82) is 0 Å². The van der Waals surface area contributed by atoms with Crippen LogP contribution in [0.15, 0.2) is 41.3 Å². The molecule has 0 aliphatic heterocycles. The van der Waals surface area contributed by atoms with Gasteiger partial charge in [0.15, 0.2) is 0 Å². The number of fused-ring (bicyclic) bond motifs is 1. The third-order valence-electron chi connectivity index (χ3n) is 5.41. The van der Waals surface area contributed by atoms with E-state index in [1.807, 2.05) is 13.0 Å². The molecule has 5 nitrogen and oxygen atoms in total. The minimum atomic E-state index is -3.78. The first-order valence-electron chi connectivity index (χ1n) is 9.68. The van der Waals surface area contributed by atoms with Crippen LogP contribution in [0.3, 0.4) is 0 Å². The van der Waals surface area contributed by atoms with Crippen molar-refractivity contribution >= 4 is 16.0 Å². The molecule has 2 aromatic rings. The van der Waals surface area contributed by atoms with E-state index in [-0.39, 0.29) is 16.5 Å². The van der Waals surface area contributed by atoms with Crippen LogP contribution in [0.4, 0.5) is 0 Å². The number of aryl methyl sites for hydroxylation is 3. The predicted molar refractivity (Wildman–Crippen MR) is 109 cm³/mol. The average molecular weight is 402 g/mol. The maximum Gasteiger partial charge on any atom is 0.338 e. The van der Waals surface area contributed by atoms with Crippen molar-refractivity contribution in [2.75, 3.05) is 7.11 Å². The Morgan fingerprint density at radius 3 is 2.50 bits per heavy atom. The summed E-state index contributed by atoms with van der Waals surface area (Å²) < 4.78 is 33.5. The number of carbonyl (C=O) groups is 1. The number of nitrogens with one attached hydrogen (secondary N) is 1. The quantitative estimate of drug-likeness (QED) is 0.740. The van der Waals surface area contributed by atoms with Crippen LogP contribution in [-0.2, 0) is 27.6 Å². The highest BCUT2D eigenvalue weighted by molar-refractivity contribution is 7.89. The van der Waals surface area contributed by atoms with E-state index in [0.29, 0.717) is 12.0 Å². The highest BCUT2D eigenvalue weighted by Gasteiger charge is 2.23. The molecule has 1 N–H and O–H groups in total. The van der Waals surface area contributed by atoms with E-state index in [1.165, 1.54) is 43.2 Å². The van der Waals surface area contributed by atoms with Crippen molar-refractivity contribution in [1.82, 2.24) is 4.72 Å². The number of ether oxygens (including phenoxy) is 1. The van der Waals surface area contributed by atoms with Crippen molar-refractivity contribution < 1.29 is 17.9 Å². The summed E-state index contributed by atoms with van der Waals surface area (Å²) in [6.45, 7) is 3.71. The molecule has 0 bridgehead atoms. The van der Waals surface area contributed by atoms with E-state index in [9.17, 15) is 13.2 Å². The second-order valence-electron chi connectivity index (χ2n) is 7.29. The van der Waals surface area contributed by atoms with Crippen LogP contribution in [0.25, 0.3) is 0 Å². The van der Waals surface area contributed by atoms with Crippen molar-refractivity contribution in [2.45, 2.75) is 56.9 Å². The zero-order valence-electron chi connectivity index (χ0n) is 16.6. The van der Waals surface area contributed by atoms with Crippen molar-refractivity contribution in [3.8, 4) is 0 Å². The Morgan fingerprint density at radius 1 is 1.11 bits per heavy atom. The molecular weight excluding hydrogens is 374 g/mol. The van der Waals surface area contributed by atoms with Gasteiger partial charge in [0.25, 0.3) is 0 Å². The lowest BCUT2D eigenvalue weighted by atomic mass is 9.89. The van der Waals surface area contributed by atoms with Gasteiger partial charge >= 0.3 is 5.97 Å². The molecule has 0 saturated carbocycles. The van der Waals surface area contributed by atoms with Gasteiger partial charge in [0, 0.05) is 6.04 Å². The maximum absolute atomic E-state index is 13.0. The minimum absolute atomic E-state index is 0.0647. The Morgan fingerprint density at radius 2 is 1.82 bits per heavy atom. The first kappa shape index (κ1) is 20.6. The Bertz CT molecular complexity index is 982. The molecule has 3 rings (SSSR count). The molecule has 0 aromatic heterocycles. The van der Waals surface area contributed by atoms with Gasteiger partial charge < -0.3 is 4.74 Å². The van der Waals surface area contributed by atoms with Crippen molar-refractivity contribution in [2.24, 2.45) is 0 Å². The molecular formula is C22H27NO4S. The molecule has 6 heteroatoms. The fourth-order valence-corrected chi connectivity index (χ4v) is 5.04. The lowest BCUT2D eigenvalue weighted by Crippen LogP contribution is -2.29. The van der Waals surface area contributed by atoms with Crippen LogP contribution in [-0.4, -0.2) is 21.5 Å². The SMILES string of the molecule is CC[C@@H](NS(=O)(=O)c1ccc(C)c(C(=O)OC)c1)c1ccc2c(c1)CCCC2. The van der Waals surface area contributed by atoms with Gasteiger partial charge in [-0.3, -0.25) is 0 Å². The first-order chi connectivity index (χ1) is 13.4. The summed E-state index contributed by atoms with van der Waals surface area (Å²) in [5.41, 5.74) is 4.60. The van der Waals surface area contributed by atoms with E-state index in [2.05, 4.69) is 16.9 Å². The van der Waals surface area contributed by atoms with E-state index in [0.717, 1.165) is 18.4 Å². The Balaban J connectivity index is 1.89. The fourth-order valence-electron chi connectivity index (χ4n) is 3.71. The number of methoxy groups -OCH3 is 1. The van der Waals surface area contributed by atoms with E-state index in [4.69, 9.17) is 4.74 Å². The molecule has 2 aromatic carbocycles. The third kappa shape index (κ3) is 4.28. The monoisotopic (exact) mass is 401 g/mol. The van der Waals surface area contributed by atoms with Crippen LogP contribution in [0.1, 0.15) is 64.8 Å². The minimum Gasteiger partial charge on any atom is -0.465 e. The second kappa shape index (κ2) is 8.45. The van der Waals surface area contributed by atoms with Crippen molar-refractivity contribution in [3.63, 3.8) is 0 Å². The number of esters is 1. The van der Waals surface area contributed by atoms with Crippen molar-refractivity contribution in [3.05, 3.63) is 64.2 Å². The zero-order valence-corrected chi connectivity index (χ0v) is 17.4. The summed E-state index contributed by atoms with van der Waals surface area (Å²) in [6.07, 6.45) is 5.17. The average Bonchev–Trinajstić information content (AvgIpc) is 2.71. The number of sulfonamides is 1. The lowest BCUT2D eigenvalue weighted by Gasteiger charge is -2.22. The number of hydrogen-bond acceptors (Lipinski definition) is 4. The van der Waals surface area contributed by atoms with Gasteiger partial charge in [-0.2, -0.15) is 0 Å². The van der Waals surface area contributed by atoms with Crippen LogP contribution in [0.5, 0.6) is 0 Å². The summed E-state index contributed by atoms with van der Waals surface area (Å²) in [7, 11) is -2.50. The number of rotatable bonds is 6. The first-order valence-corrected chi connectivity index (χ1v) is 11.2. The molecule has 0 unspecified atom stereocenters. The van der Waals surface area contributed by atoms with Crippen LogP contribution >= 0.6 is 0 Å². The highest BCUT2D eigenvalue weighted by Crippen LogP contribution is 2.27. The van der Waals surface area contributed by atoms with E-state index >= 15 is 0 Å². The maximum atomic E-state index is 13.0. The summed E-state index contributed by atoms with van der Waals surface area (Å²) in [4.78, 5) is 12.0. The molecule has 0 heterocycles. The number of benzene rings is 2. The second-order valence-corrected chi connectivity index (χ2v) is 9.00. The smallest absolute Gasteiger partial charge is 0.338 e. The Kier molecular flexibility index (Phi) is 6.20. The van der Waals surface area contributed by atoms with Crippen LogP contribution in [0.2, 0.25) is 0 Å². The van der Waals surface area contributed by atoms with Gasteiger partial charge in [-0.25, -0.2) is 17.9 Å². The lowest BCUT2D eigenvalue weighted by molar-refractivity contribution is 0.0599. The molecule has 0 amide bonds. The van der Waals surface area contributed by atoms with E-state index in [1.54, 1.807) is 13.0 Å². The van der Waals surface area contributed by atoms with Gasteiger partial charge in [-0.05, 0) is 73.4 Å². The van der Waals surface area contributed by atoms with Gasteiger partial charge in [-0.1, -0.05) is 31.2 Å². The highest BCUT2D eigenvalue weighted by atomic mass is 32.2. The molecule has 1 aliphatic rings. The van der Waals surface area contributed by atoms with Gasteiger partial charge in [0.2, 0.25) is 10.0 Å². The molecule has 0 radical (unpaired) electrons. The molecule has 0 saturated heterocycles. The Labute approximate surface area is 167 Å². The van der Waals surface area contributed by atoms with Crippen LogP contribution < -0.4 is 4.72 Å². The van der Waals surface area contributed by atoms with E-state index < -0.39 is 16.0 Å². The fraction of sp³-hybridized carbons (Fsp3) is 0.409. The molecule has 0 fully saturated rings. The largest absolute Gasteiger partial charge is 0.465 e. The molecule has 1 aliphatic carbocycles. The zero-order chi connectivity index (χ0) is 20.3. The molecule has 28 heavy (non-hydrogen) atoms. The summed E-state index contributed by atoms with van der Waals surface area (Å²) in [5.74, 6) is -0.545. The topological polar surface area (TPSA) is 72.5 Å². The molecule has 0 spiro atoms. The van der Waals surface area contributed by atoms with Gasteiger partial charge in [0.1, 0.15) is 0 Å². The predicted octanol–water partition coefficient (Wildman–Crippen LogP) is 4.09.